The molecule has 0 atom stereocenters. The Balaban J connectivity index is 3.22. The fourth-order valence-electron chi connectivity index (χ4n) is 0.882. The quantitative estimate of drug-likeness (QED) is 0.688. The van der Waals surface area contributed by atoms with Crippen LogP contribution < -0.4 is 0 Å². The maximum absolute atomic E-state index is 10.1. The summed E-state index contributed by atoms with van der Waals surface area (Å²) in [5.74, 6) is -0.354. The first-order valence-electron chi connectivity index (χ1n) is 3.29. The van der Waals surface area contributed by atoms with E-state index in [4.69, 9.17) is 16.7 Å². The zero-order valence-electron chi connectivity index (χ0n) is 6.12. The lowest BCUT2D eigenvalue weighted by atomic mass is 10.1. The molecule has 0 saturated heterocycles. The van der Waals surface area contributed by atoms with Crippen molar-refractivity contribution in [2.75, 3.05) is 0 Å². The number of phenolic OH excluding ortho intramolecular Hbond substituents is 2. The number of carbonyl (C=O) groups is 1. The molecule has 0 aromatic heterocycles. The summed E-state index contributed by atoms with van der Waals surface area (Å²) >= 11 is 5.54. The molecule has 0 spiro atoms. The van der Waals surface area contributed by atoms with Crippen LogP contribution in [-0.2, 0) is 11.2 Å². The molecule has 0 bridgehead atoms. The van der Waals surface area contributed by atoms with E-state index in [1.165, 1.54) is 12.1 Å². The van der Waals surface area contributed by atoms with Crippen LogP contribution in [0.25, 0.3) is 0 Å². The molecule has 0 radical (unpaired) electrons. The normalized spacial score (nSPS) is 9.75. The zero-order chi connectivity index (χ0) is 9.14. The molecule has 0 aliphatic carbocycles. The molecule has 0 unspecified atom stereocenters. The fraction of sp³-hybridized carbons (Fsp3) is 0.125. The van der Waals surface area contributed by atoms with Gasteiger partial charge >= 0.3 is 0 Å². The van der Waals surface area contributed by atoms with Gasteiger partial charge in [-0.15, -0.1) is 0 Å². The summed E-state index contributed by atoms with van der Waals surface area (Å²) in [5, 5.41) is 18.6. The van der Waals surface area contributed by atoms with Crippen molar-refractivity contribution in [1.82, 2.24) is 0 Å². The first-order valence-corrected chi connectivity index (χ1v) is 3.67. The standard InChI is InChI=1S/C8H7ClO3/c9-6-1-2-7(11)5(3-4-10)8(6)12/h1-2,4,11-12H,3H2. The van der Waals surface area contributed by atoms with Crippen molar-refractivity contribution in [3.63, 3.8) is 0 Å². The Hall–Kier alpha value is -1.22. The van der Waals surface area contributed by atoms with Gasteiger partial charge in [-0.25, -0.2) is 0 Å². The number of aromatic hydroxyl groups is 2. The highest BCUT2D eigenvalue weighted by molar-refractivity contribution is 6.32. The molecule has 0 amide bonds. The highest BCUT2D eigenvalue weighted by atomic mass is 35.5. The molecule has 12 heavy (non-hydrogen) atoms. The SMILES string of the molecule is O=CCc1c(O)ccc(Cl)c1O. The minimum absolute atomic E-state index is 0.0434. The van der Waals surface area contributed by atoms with E-state index in [0.717, 1.165) is 0 Å². The van der Waals surface area contributed by atoms with Gasteiger partial charge in [0.2, 0.25) is 0 Å². The molecule has 0 aliphatic heterocycles. The maximum atomic E-state index is 10.1. The van der Waals surface area contributed by atoms with E-state index in [-0.39, 0.29) is 28.5 Å². The predicted octanol–water partition coefficient (Wildman–Crippen LogP) is 1.49. The average Bonchev–Trinajstić information content (AvgIpc) is 2.06. The molecule has 0 saturated carbocycles. The molecule has 4 heteroatoms. The second-order valence-corrected chi connectivity index (χ2v) is 2.67. The Morgan fingerprint density at radius 1 is 1.42 bits per heavy atom. The Morgan fingerprint density at radius 3 is 2.67 bits per heavy atom. The van der Waals surface area contributed by atoms with E-state index in [1.54, 1.807) is 0 Å². The van der Waals surface area contributed by atoms with Crippen LogP contribution in [0.1, 0.15) is 5.56 Å². The summed E-state index contributed by atoms with van der Waals surface area (Å²) in [4.78, 5) is 10.1. The van der Waals surface area contributed by atoms with Crippen LogP contribution in [0.15, 0.2) is 12.1 Å². The van der Waals surface area contributed by atoms with E-state index in [9.17, 15) is 9.90 Å². The summed E-state index contributed by atoms with van der Waals surface area (Å²) in [5.41, 5.74) is 0.164. The molecule has 1 aromatic carbocycles. The van der Waals surface area contributed by atoms with Crippen molar-refractivity contribution < 1.29 is 15.0 Å². The van der Waals surface area contributed by atoms with Gasteiger partial charge in [0.25, 0.3) is 0 Å². The molecule has 0 heterocycles. The Bertz CT molecular complexity index is 309. The van der Waals surface area contributed by atoms with Gasteiger partial charge in [0, 0.05) is 12.0 Å². The van der Waals surface area contributed by atoms with Crippen LogP contribution in [0.5, 0.6) is 11.5 Å². The number of carbonyl (C=O) groups excluding carboxylic acids is 1. The summed E-state index contributed by atoms with van der Waals surface area (Å²) in [6, 6.07) is 2.70. The van der Waals surface area contributed by atoms with Crippen LogP contribution in [-0.4, -0.2) is 16.5 Å². The topological polar surface area (TPSA) is 57.5 Å². The largest absolute Gasteiger partial charge is 0.508 e. The van der Waals surface area contributed by atoms with Gasteiger partial charge in [0.05, 0.1) is 5.02 Å². The molecule has 0 fully saturated rings. The van der Waals surface area contributed by atoms with Crippen molar-refractivity contribution in [2.24, 2.45) is 0 Å². The second kappa shape index (κ2) is 3.45. The van der Waals surface area contributed by atoms with Crippen LogP contribution in [0.3, 0.4) is 0 Å². The van der Waals surface area contributed by atoms with E-state index in [1.807, 2.05) is 0 Å². The first-order chi connectivity index (χ1) is 5.66. The van der Waals surface area contributed by atoms with Crippen molar-refractivity contribution in [1.29, 1.82) is 0 Å². The van der Waals surface area contributed by atoms with E-state index in [0.29, 0.717) is 6.29 Å². The number of aldehydes is 1. The molecule has 1 rings (SSSR count). The van der Waals surface area contributed by atoms with Crippen LogP contribution in [0.2, 0.25) is 5.02 Å². The van der Waals surface area contributed by atoms with Crippen molar-refractivity contribution in [2.45, 2.75) is 6.42 Å². The number of halogens is 1. The lowest BCUT2D eigenvalue weighted by molar-refractivity contribution is -0.107. The Labute approximate surface area is 74.2 Å². The Kier molecular flexibility index (Phi) is 2.55. The molecule has 2 N–H and O–H groups in total. The lowest BCUT2D eigenvalue weighted by Crippen LogP contribution is -1.88. The number of rotatable bonds is 2. The van der Waals surface area contributed by atoms with Gasteiger partial charge in [-0.3, -0.25) is 0 Å². The minimum Gasteiger partial charge on any atom is -0.508 e. The summed E-state index contributed by atoms with van der Waals surface area (Å²) < 4.78 is 0. The second-order valence-electron chi connectivity index (χ2n) is 2.26. The fourth-order valence-corrected chi connectivity index (χ4v) is 1.06. The highest BCUT2D eigenvalue weighted by Crippen LogP contribution is 2.33. The summed E-state index contributed by atoms with van der Waals surface area (Å²) in [6.07, 6.45) is 0.545. The summed E-state index contributed by atoms with van der Waals surface area (Å²) in [7, 11) is 0. The summed E-state index contributed by atoms with van der Waals surface area (Å²) in [6.45, 7) is 0. The molecule has 1 aromatic rings. The third-order valence-electron chi connectivity index (χ3n) is 1.50. The first kappa shape index (κ1) is 8.87. The van der Waals surface area contributed by atoms with Gasteiger partial charge in [-0.1, -0.05) is 11.6 Å². The number of hydrogen-bond acceptors (Lipinski definition) is 3. The van der Waals surface area contributed by atoms with Crippen LogP contribution in [0.4, 0.5) is 0 Å². The number of benzene rings is 1. The van der Waals surface area contributed by atoms with Gasteiger partial charge in [0.15, 0.2) is 0 Å². The van der Waals surface area contributed by atoms with Gasteiger partial charge in [-0.05, 0) is 12.1 Å². The zero-order valence-corrected chi connectivity index (χ0v) is 6.88. The van der Waals surface area contributed by atoms with Crippen molar-refractivity contribution in [3.8, 4) is 11.5 Å². The number of hydrogen-bond donors (Lipinski definition) is 2. The van der Waals surface area contributed by atoms with Crippen LogP contribution in [0, 0.1) is 0 Å². The third kappa shape index (κ3) is 1.51. The van der Waals surface area contributed by atoms with Crippen molar-refractivity contribution in [3.05, 3.63) is 22.7 Å². The van der Waals surface area contributed by atoms with E-state index >= 15 is 0 Å². The molecular formula is C8H7ClO3. The van der Waals surface area contributed by atoms with Gasteiger partial charge in [-0.2, -0.15) is 0 Å². The maximum Gasteiger partial charge on any atom is 0.141 e. The molecule has 3 nitrogen and oxygen atoms in total. The smallest absolute Gasteiger partial charge is 0.141 e. The van der Waals surface area contributed by atoms with E-state index < -0.39 is 0 Å². The molecule has 64 valence electrons. The number of phenols is 2. The van der Waals surface area contributed by atoms with Gasteiger partial charge in [0.1, 0.15) is 17.8 Å². The van der Waals surface area contributed by atoms with Crippen LogP contribution >= 0.6 is 11.6 Å². The third-order valence-corrected chi connectivity index (χ3v) is 1.80. The monoisotopic (exact) mass is 186 g/mol. The molecular weight excluding hydrogens is 180 g/mol. The molecule has 0 aliphatic rings. The highest BCUT2D eigenvalue weighted by Gasteiger charge is 2.09. The van der Waals surface area contributed by atoms with Gasteiger partial charge < -0.3 is 15.0 Å². The average molecular weight is 187 g/mol. The Morgan fingerprint density at radius 2 is 2.08 bits per heavy atom. The minimum atomic E-state index is -0.233. The van der Waals surface area contributed by atoms with Crippen molar-refractivity contribution >= 4 is 17.9 Å². The van der Waals surface area contributed by atoms with E-state index in [2.05, 4.69) is 0 Å². The predicted molar refractivity (Wildman–Crippen MR) is 44.5 cm³/mol. The lowest BCUT2D eigenvalue weighted by Gasteiger charge is -2.04.